The number of nitrogens with one attached hydrogen (secondary N) is 1. The molecule has 0 aliphatic carbocycles. The predicted octanol–water partition coefficient (Wildman–Crippen LogP) is 4.79. The van der Waals surface area contributed by atoms with Crippen molar-refractivity contribution >= 4 is 29.0 Å². The van der Waals surface area contributed by atoms with Crippen LogP contribution in [0.4, 0.5) is 24.7 Å². The number of hydrogen-bond acceptors (Lipinski definition) is 4. The zero-order chi connectivity index (χ0) is 21.3. The maximum atomic E-state index is 13.9. The number of hydrogen-bond donors (Lipinski definition) is 1. The Balaban J connectivity index is 1.94. The number of nitrogens with zero attached hydrogens (tertiary/aromatic N) is 3. The van der Waals surface area contributed by atoms with Crippen molar-refractivity contribution in [2.24, 2.45) is 5.92 Å². The largest absolute Gasteiger partial charge is 0.355 e. The molecule has 1 amide bonds. The number of carbonyl (C=O) groups excluding carboxylic acids is 1. The van der Waals surface area contributed by atoms with Gasteiger partial charge in [-0.3, -0.25) is 4.79 Å². The summed E-state index contributed by atoms with van der Waals surface area (Å²) in [6.45, 7) is 3.20. The van der Waals surface area contributed by atoms with Crippen molar-refractivity contribution in [3.8, 4) is 6.07 Å². The van der Waals surface area contributed by atoms with E-state index >= 15 is 0 Å². The van der Waals surface area contributed by atoms with E-state index in [1.165, 1.54) is 25.1 Å². The van der Waals surface area contributed by atoms with Crippen LogP contribution >= 0.6 is 11.6 Å². The van der Waals surface area contributed by atoms with Crippen LogP contribution in [0.25, 0.3) is 0 Å². The molecule has 1 saturated heterocycles. The second kappa shape index (κ2) is 7.91. The second-order valence-corrected chi connectivity index (χ2v) is 7.45. The molecule has 0 spiro atoms. The molecule has 0 radical (unpaired) electrons. The van der Waals surface area contributed by atoms with Gasteiger partial charge in [0.1, 0.15) is 17.7 Å². The number of nitriles is 1. The highest BCUT2D eigenvalue weighted by atomic mass is 35.5. The molecule has 1 aromatic heterocycles. The van der Waals surface area contributed by atoms with Gasteiger partial charge in [-0.15, -0.1) is 0 Å². The molecule has 0 saturated carbocycles. The summed E-state index contributed by atoms with van der Waals surface area (Å²) in [5.41, 5.74) is 0.585. The smallest absolute Gasteiger partial charge is 0.259 e. The van der Waals surface area contributed by atoms with Gasteiger partial charge >= 0.3 is 0 Å². The standard InChI is InChI=1S/C20H18ClF3N4O/c1-11-10-28(6-5-20(11,23)24)18-15(8-16(21)12(2)26-18)19(29)27-14-3-4-17(22)13(7-14)9-25/h3-4,7-8,11H,5-6,10H2,1-2H3,(H,27,29). The van der Waals surface area contributed by atoms with E-state index in [4.69, 9.17) is 16.9 Å². The highest BCUT2D eigenvalue weighted by Crippen LogP contribution is 2.36. The first-order valence-corrected chi connectivity index (χ1v) is 9.31. The Morgan fingerprint density at radius 2 is 2.14 bits per heavy atom. The number of benzene rings is 1. The lowest BCUT2D eigenvalue weighted by molar-refractivity contribution is -0.0652. The number of amides is 1. The van der Waals surface area contributed by atoms with E-state index < -0.39 is 23.6 Å². The molecule has 2 aromatic rings. The van der Waals surface area contributed by atoms with Gasteiger partial charge in [0, 0.05) is 31.1 Å². The number of pyridine rings is 1. The van der Waals surface area contributed by atoms with Crippen molar-refractivity contribution in [2.45, 2.75) is 26.2 Å². The number of aromatic nitrogens is 1. The van der Waals surface area contributed by atoms with E-state index in [9.17, 15) is 18.0 Å². The van der Waals surface area contributed by atoms with Crippen molar-refractivity contribution in [3.63, 3.8) is 0 Å². The van der Waals surface area contributed by atoms with Crippen LogP contribution in [0.1, 0.15) is 35.0 Å². The van der Waals surface area contributed by atoms with Gasteiger partial charge in [0.25, 0.3) is 11.8 Å². The molecular weight excluding hydrogens is 405 g/mol. The number of rotatable bonds is 3. The third-order valence-corrected chi connectivity index (χ3v) is 5.33. The minimum Gasteiger partial charge on any atom is -0.355 e. The van der Waals surface area contributed by atoms with Crippen molar-refractivity contribution in [3.05, 3.63) is 51.9 Å². The van der Waals surface area contributed by atoms with Gasteiger partial charge in [-0.1, -0.05) is 18.5 Å². The Kier molecular flexibility index (Phi) is 5.71. The molecule has 1 aromatic carbocycles. The monoisotopic (exact) mass is 422 g/mol. The Hall–Kier alpha value is -2.79. The summed E-state index contributed by atoms with van der Waals surface area (Å²) in [5, 5.41) is 11.8. The van der Waals surface area contributed by atoms with Crippen LogP contribution in [0.2, 0.25) is 5.02 Å². The topological polar surface area (TPSA) is 69.0 Å². The average Bonchev–Trinajstić information content (AvgIpc) is 2.67. The van der Waals surface area contributed by atoms with Crippen molar-refractivity contribution in [1.29, 1.82) is 5.26 Å². The fraction of sp³-hybridized carbons (Fsp3) is 0.350. The number of alkyl halides is 2. The summed E-state index contributed by atoms with van der Waals surface area (Å²) in [5.74, 6) is -4.71. The number of carbonyl (C=O) groups is 1. The Labute approximate surface area is 171 Å². The SMILES string of the molecule is Cc1nc(N2CCC(F)(F)C(C)C2)c(C(=O)Nc2ccc(F)c(C#N)c2)cc1Cl. The average molecular weight is 423 g/mol. The highest BCUT2D eigenvalue weighted by molar-refractivity contribution is 6.31. The molecule has 152 valence electrons. The molecule has 1 fully saturated rings. The Morgan fingerprint density at radius 3 is 2.79 bits per heavy atom. The van der Waals surface area contributed by atoms with E-state index in [1.807, 2.05) is 0 Å². The molecule has 2 heterocycles. The fourth-order valence-corrected chi connectivity index (χ4v) is 3.29. The summed E-state index contributed by atoms with van der Waals surface area (Å²) in [6, 6.07) is 6.73. The molecular formula is C20H18ClF3N4O. The number of aryl methyl sites for hydroxylation is 1. The summed E-state index contributed by atoms with van der Waals surface area (Å²) < 4.78 is 41.3. The highest BCUT2D eigenvalue weighted by Gasteiger charge is 2.42. The zero-order valence-corrected chi connectivity index (χ0v) is 16.5. The van der Waals surface area contributed by atoms with E-state index in [0.717, 1.165) is 6.07 Å². The summed E-state index contributed by atoms with van der Waals surface area (Å²) in [6.07, 6.45) is -0.345. The lowest BCUT2D eigenvalue weighted by Gasteiger charge is -2.38. The number of piperidine rings is 1. The quantitative estimate of drug-likeness (QED) is 0.772. The molecule has 1 aliphatic rings. The molecule has 9 heteroatoms. The van der Waals surface area contributed by atoms with Gasteiger partial charge in [-0.2, -0.15) is 5.26 Å². The first kappa shape index (κ1) is 20.9. The van der Waals surface area contributed by atoms with Crippen molar-refractivity contribution < 1.29 is 18.0 Å². The van der Waals surface area contributed by atoms with Gasteiger partial charge < -0.3 is 10.2 Å². The maximum absolute atomic E-state index is 13.9. The van der Waals surface area contributed by atoms with Crippen LogP contribution in [-0.4, -0.2) is 29.9 Å². The molecule has 1 atom stereocenters. The van der Waals surface area contributed by atoms with Gasteiger partial charge in [0.05, 0.1) is 21.8 Å². The molecule has 29 heavy (non-hydrogen) atoms. The van der Waals surface area contributed by atoms with Crippen LogP contribution in [0, 0.1) is 30.0 Å². The molecule has 1 N–H and O–H groups in total. The van der Waals surface area contributed by atoms with Gasteiger partial charge in [-0.25, -0.2) is 18.2 Å². The second-order valence-electron chi connectivity index (χ2n) is 7.05. The van der Waals surface area contributed by atoms with Crippen molar-refractivity contribution in [1.82, 2.24) is 4.98 Å². The first-order chi connectivity index (χ1) is 13.6. The molecule has 0 bridgehead atoms. The lowest BCUT2D eigenvalue weighted by Crippen LogP contribution is -2.46. The lowest BCUT2D eigenvalue weighted by atomic mass is 9.95. The Morgan fingerprint density at radius 1 is 1.41 bits per heavy atom. The van der Waals surface area contributed by atoms with Crippen molar-refractivity contribution in [2.75, 3.05) is 23.3 Å². The third-order valence-electron chi connectivity index (χ3n) is 4.95. The number of anilines is 2. The van der Waals surface area contributed by atoms with Crippen LogP contribution in [0.3, 0.4) is 0 Å². The summed E-state index contributed by atoms with van der Waals surface area (Å²) >= 11 is 6.14. The molecule has 3 rings (SSSR count). The normalized spacial score (nSPS) is 18.2. The fourth-order valence-electron chi connectivity index (χ4n) is 3.14. The van der Waals surface area contributed by atoms with Crippen LogP contribution < -0.4 is 10.2 Å². The van der Waals surface area contributed by atoms with E-state index in [0.29, 0.717) is 5.69 Å². The minimum atomic E-state index is -2.78. The van der Waals surface area contributed by atoms with Crippen LogP contribution in [-0.2, 0) is 0 Å². The van der Waals surface area contributed by atoms with E-state index in [1.54, 1.807) is 17.9 Å². The maximum Gasteiger partial charge on any atom is 0.259 e. The van der Waals surface area contributed by atoms with Gasteiger partial charge in [0.2, 0.25) is 0 Å². The predicted molar refractivity (Wildman–Crippen MR) is 104 cm³/mol. The third kappa shape index (κ3) is 4.30. The van der Waals surface area contributed by atoms with Crippen LogP contribution in [0.15, 0.2) is 24.3 Å². The summed E-state index contributed by atoms with van der Waals surface area (Å²) in [4.78, 5) is 18.9. The summed E-state index contributed by atoms with van der Waals surface area (Å²) in [7, 11) is 0. The van der Waals surface area contributed by atoms with E-state index in [-0.39, 0.29) is 47.2 Å². The zero-order valence-electron chi connectivity index (χ0n) is 15.8. The van der Waals surface area contributed by atoms with Gasteiger partial charge in [-0.05, 0) is 31.2 Å². The van der Waals surface area contributed by atoms with Gasteiger partial charge in [0.15, 0.2) is 0 Å². The molecule has 1 unspecified atom stereocenters. The first-order valence-electron chi connectivity index (χ1n) is 8.93. The molecule has 5 nitrogen and oxygen atoms in total. The Bertz CT molecular complexity index is 1010. The van der Waals surface area contributed by atoms with Crippen LogP contribution in [0.5, 0.6) is 0 Å². The van der Waals surface area contributed by atoms with E-state index in [2.05, 4.69) is 10.3 Å². The molecule has 1 aliphatic heterocycles. The number of halogens is 4. The minimum absolute atomic E-state index is 0.0382.